The van der Waals surface area contributed by atoms with Crippen molar-refractivity contribution in [2.75, 3.05) is 7.11 Å². The summed E-state index contributed by atoms with van der Waals surface area (Å²) in [6, 6.07) is 6.54. The van der Waals surface area contributed by atoms with Crippen LogP contribution in [0.1, 0.15) is 29.7 Å². The fourth-order valence-electron chi connectivity index (χ4n) is 3.10. The first-order valence-electron chi connectivity index (χ1n) is 7.07. The van der Waals surface area contributed by atoms with E-state index in [2.05, 4.69) is 5.32 Å². The van der Waals surface area contributed by atoms with Gasteiger partial charge in [-0.25, -0.2) is 4.79 Å². The zero-order chi connectivity index (χ0) is 16.9. The molecule has 0 radical (unpaired) electrons. The summed E-state index contributed by atoms with van der Waals surface area (Å²) in [6.07, 6.45) is 0. The van der Waals surface area contributed by atoms with Crippen LogP contribution in [-0.2, 0) is 17.4 Å². The maximum Gasteiger partial charge on any atom is 0.328 e. The number of ether oxygens (including phenoxy) is 1. The fraction of sp³-hybridized carbons (Fsp3) is 0.312. The molecule has 0 amide bonds. The van der Waals surface area contributed by atoms with Crippen LogP contribution >= 0.6 is 0 Å². The molecule has 0 bridgehead atoms. The molecule has 2 heterocycles. The number of fused-ring (bicyclic) bond motifs is 1. The molecule has 7 heteroatoms. The van der Waals surface area contributed by atoms with Crippen LogP contribution in [0.5, 0.6) is 17.5 Å². The molecule has 1 aliphatic rings. The molecule has 0 unspecified atom stereocenters. The van der Waals surface area contributed by atoms with Gasteiger partial charge in [0.1, 0.15) is 11.3 Å². The van der Waals surface area contributed by atoms with Gasteiger partial charge in [-0.15, -0.1) is 0 Å². The molecule has 4 N–H and O–H groups in total. The number of carbonyl (C=O) groups is 1. The van der Waals surface area contributed by atoms with E-state index < -0.39 is 17.6 Å². The molecule has 0 fully saturated rings. The average molecular weight is 318 g/mol. The maximum absolute atomic E-state index is 11.8. The van der Waals surface area contributed by atoms with Crippen LogP contribution in [0.4, 0.5) is 0 Å². The van der Waals surface area contributed by atoms with Crippen molar-refractivity contribution in [3.63, 3.8) is 0 Å². The third-order valence-corrected chi connectivity index (χ3v) is 4.47. The third kappa shape index (κ3) is 1.97. The molecule has 0 saturated carbocycles. The molecule has 2 aromatic rings. The molecule has 0 saturated heterocycles. The Kier molecular flexibility index (Phi) is 3.26. The topological polar surface area (TPSA) is 104 Å². The molecule has 122 valence electrons. The van der Waals surface area contributed by atoms with Crippen LogP contribution in [-0.4, -0.2) is 33.0 Å². The second kappa shape index (κ2) is 4.92. The van der Waals surface area contributed by atoms with Crippen molar-refractivity contribution in [2.45, 2.75) is 18.5 Å². The molecule has 23 heavy (non-hydrogen) atoms. The molecule has 1 aromatic heterocycles. The molecule has 0 aliphatic carbocycles. The number of benzene rings is 1. The van der Waals surface area contributed by atoms with Crippen molar-refractivity contribution in [2.24, 2.45) is 7.05 Å². The first-order chi connectivity index (χ1) is 10.8. The van der Waals surface area contributed by atoms with Gasteiger partial charge in [-0.05, 0) is 24.6 Å². The van der Waals surface area contributed by atoms with Gasteiger partial charge in [-0.3, -0.25) is 9.88 Å². The molecule has 7 nitrogen and oxygen atoms in total. The maximum atomic E-state index is 11.8. The van der Waals surface area contributed by atoms with Crippen LogP contribution in [0.3, 0.4) is 0 Å². The standard InChI is InChI=1S/C16H18N2O5/c1-16(15(21)22)11-10(13(19)18(2)14(11)20)12(17-16)8-4-6-9(23-3)7-5-8/h4-7,12,17,19-20H,1-3H3,(H,21,22)/t12-,16-/m0/s1. The van der Waals surface area contributed by atoms with E-state index in [1.165, 1.54) is 18.5 Å². The highest BCUT2D eigenvalue weighted by molar-refractivity contribution is 5.84. The number of aliphatic carboxylic acids is 1. The lowest BCUT2D eigenvalue weighted by Gasteiger charge is -2.23. The number of aromatic nitrogens is 1. The van der Waals surface area contributed by atoms with Crippen LogP contribution in [0.15, 0.2) is 24.3 Å². The second-order valence-corrected chi connectivity index (χ2v) is 5.78. The van der Waals surface area contributed by atoms with Gasteiger partial charge in [0.25, 0.3) is 0 Å². The Balaban J connectivity index is 2.19. The third-order valence-electron chi connectivity index (χ3n) is 4.47. The van der Waals surface area contributed by atoms with Crippen molar-refractivity contribution < 1.29 is 24.9 Å². The number of nitrogens with zero attached hydrogens (tertiary/aromatic N) is 1. The monoisotopic (exact) mass is 318 g/mol. The number of nitrogens with one attached hydrogen (secondary N) is 1. The van der Waals surface area contributed by atoms with Crippen molar-refractivity contribution >= 4 is 5.97 Å². The Labute approximate surface area is 132 Å². The van der Waals surface area contributed by atoms with E-state index in [1.807, 2.05) is 0 Å². The number of hydrogen-bond acceptors (Lipinski definition) is 5. The smallest absolute Gasteiger partial charge is 0.328 e. The minimum Gasteiger partial charge on any atom is -0.497 e. The molecule has 2 atom stereocenters. The average Bonchev–Trinajstić information content (AvgIpc) is 2.98. The van der Waals surface area contributed by atoms with Crippen molar-refractivity contribution in [1.29, 1.82) is 0 Å². The summed E-state index contributed by atoms with van der Waals surface area (Å²) >= 11 is 0. The number of carboxylic acids is 1. The lowest BCUT2D eigenvalue weighted by atomic mass is 9.94. The quantitative estimate of drug-likeness (QED) is 0.683. The summed E-state index contributed by atoms with van der Waals surface area (Å²) in [5, 5.41) is 33.2. The van der Waals surface area contributed by atoms with E-state index in [0.29, 0.717) is 11.3 Å². The van der Waals surface area contributed by atoms with Crippen LogP contribution < -0.4 is 10.1 Å². The summed E-state index contributed by atoms with van der Waals surface area (Å²) in [4.78, 5) is 11.8. The number of carboxylic acid groups (broad SMARTS) is 1. The van der Waals surface area contributed by atoms with Crippen LogP contribution in [0, 0.1) is 0 Å². The molecule has 1 aliphatic heterocycles. The van der Waals surface area contributed by atoms with Gasteiger partial charge >= 0.3 is 5.97 Å². The van der Waals surface area contributed by atoms with E-state index >= 15 is 0 Å². The van der Waals surface area contributed by atoms with Gasteiger partial charge in [0.15, 0.2) is 11.8 Å². The first-order valence-corrected chi connectivity index (χ1v) is 7.07. The number of methoxy groups -OCH3 is 1. The predicted molar refractivity (Wildman–Crippen MR) is 81.7 cm³/mol. The number of aromatic hydroxyl groups is 2. The molecule has 3 rings (SSSR count). The largest absolute Gasteiger partial charge is 0.497 e. The zero-order valence-electron chi connectivity index (χ0n) is 13.0. The summed E-state index contributed by atoms with van der Waals surface area (Å²) in [6.45, 7) is 1.47. The van der Waals surface area contributed by atoms with Crippen LogP contribution in [0.2, 0.25) is 0 Å². The second-order valence-electron chi connectivity index (χ2n) is 5.78. The summed E-state index contributed by atoms with van der Waals surface area (Å²) in [5.74, 6) is -0.870. The predicted octanol–water partition coefficient (Wildman–Crippen LogP) is 1.44. The molecular weight excluding hydrogens is 300 g/mol. The first kappa shape index (κ1) is 15.2. The molecule has 0 spiro atoms. The summed E-state index contributed by atoms with van der Waals surface area (Å²) < 4.78 is 6.30. The molecular formula is C16H18N2O5. The number of rotatable bonds is 3. The Morgan fingerprint density at radius 3 is 2.39 bits per heavy atom. The zero-order valence-corrected chi connectivity index (χ0v) is 13.0. The Morgan fingerprint density at radius 1 is 1.26 bits per heavy atom. The SMILES string of the molecule is COc1ccc([C@@H]2N[C@](C)(C(=O)O)c3c2c(O)n(C)c3O)cc1. The lowest BCUT2D eigenvalue weighted by Crippen LogP contribution is -2.43. The van der Waals surface area contributed by atoms with E-state index in [-0.39, 0.29) is 17.3 Å². The molecule has 1 aromatic carbocycles. The highest BCUT2D eigenvalue weighted by atomic mass is 16.5. The van der Waals surface area contributed by atoms with E-state index in [4.69, 9.17) is 4.74 Å². The summed E-state index contributed by atoms with van der Waals surface area (Å²) in [7, 11) is 3.04. The van der Waals surface area contributed by atoms with Gasteiger partial charge in [-0.2, -0.15) is 0 Å². The minimum atomic E-state index is -1.50. The van der Waals surface area contributed by atoms with Gasteiger partial charge in [0, 0.05) is 12.6 Å². The van der Waals surface area contributed by atoms with Crippen molar-refractivity contribution in [3.8, 4) is 17.5 Å². The van der Waals surface area contributed by atoms with Gasteiger partial charge in [0.05, 0.1) is 18.7 Å². The highest BCUT2D eigenvalue weighted by Gasteiger charge is 2.51. The van der Waals surface area contributed by atoms with Crippen molar-refractivity contribution in [3.05, 3.63) is 41.0 Å². The Bertz CT molecular complexity index is 781. The highest BCUT2D eigenvalue weighted by Crippen LogP contribution is 2.50. The van der Waals surface area contributed by atoms with E-state index in [0.717, 1.165) is 5.56 Å². The normalized spacial score (nSPS) is 22.8. The Morgan fingerprint density at radius 2 is 1.87 bits per heavy atom. The number of hydrogen-bond donors (Lipinski definition) is 4. The lowest BCUT2D eigenvalue weighted by molar-refractivity contribution is -0.144. The fourth-order valence-corrected chi connectivity index (χ4v) is 3.10. The van der Waals surface area contributed by atoms with E-state index in [1.54, 1.807) is 31.4 Å². The van der Waals surface area contributed by atoms with Gasteiger partial charge in [0.2, 0.25) is 0 Å². The van der Waals surface area contributed by atoms with Crippen LogP contribution in [0.25, 0.3) is 0 Å². The Hall–Kier alpha value is -2.67. The summed E-state index contributed by atoms with van der Waals surface area (Å²) in [5.41, 5.74) is -0.174. The van der Waals surface area contributed by atoms with Gasteiger partial charge in [-0.1, -0.05) is 12.1 Å². The minimum absolute atomic E-state index is 0.157. The van der Waals surface area contributed by atoms with E-state index in [9.17, 15) is 20.1 Å². The van der Waals surface area contributed by atoms with Crippen molar-refractivity contribution in [1.82, 2.24) is 9.88 Å². The van der Waals surface area contributed by atoms with Gasteiger partial charge < -0.3 is 20.1 Å².